The molecule has 0 saturated heterocycles. The highest BCUT2D eigenvalue weighted by Gasteiger charge is 2.54. The lowest BCUT2D eigenvalue weighted by Gasteiger charge is -2.49. The molecule has 4 aliphatic carbocycles. The molecule has 0 aromatic rings. The van der Waals surface area contributed by atoms with Crippen LogP contribution in [0.1, 0.15) is 57.8 Å². The van der Waals surface area contributed by atoms with Gasteiger partial charge in [-0.1, -0.05) is 19.3 Å². The van der Waals surface area contributed by atoms with E-state index in [1.54, 1.807) is 6.26 Å². The fraction of sp³-hybridized carbons (Fsp3) is 0.762. The molecule has 0 bridgehead atoms. The molecule has 1 heterocycles. The number of carbonyl (C=O) groups is 1. The molecule has 3 nitrogen and oxygen atoms in total. The second-order valence-electron chi connectivity index (χ2n) is 8.87. The lowest BCUT2D eigenvalue weighted by atomic mass is 9.58. The number of carbonyl (C=O) groups excluding carboxylic acids is 1. The molecule has 4 saturated carbocycles. The van der Waals surface area contributed by atoms with E-state index in [2.05, 4.69) is 0 Å². The van der Waals surface area contributed by atoms with Crippen LogP contribution in [0.5, 0.6) is 0 Å². The van der Waals surface area contributed by atoms with Gasteiger partial charge in [-0.25, -0.2) is 0 Å². The predicted molar refractivity (Wildman–Crippen MR) is 92.7 cm³/mol. The van der Waals surface area contributed by atoms with Crippen LogP contribution in [0.15, 0.2) is 23.5 Å². The molecule has 4 fully saturated rings. The van der Waals surface area contributed by atoms with Gasteiger partial charge in [0.15, 0.2) is 0 Å². The lowest BCUT2D eigenvalue weighted by Crippen LogP contribution is -2.43. The lowest BCUT2D eigenvalue weighted by molar-refractivity contribution is -0.114. The summed E-state index contributed by atoms with van der Waals surface area (Å²) < 4.78 is 5.93. The second-order valence-corrected chi connectivity index (χ2v) is 8.87. The number of nitrogens with two attached hydrogens (primary N) is 1. The van der Waals surface area contributed by atoms with Crippen molar-refractivity contribution < 1.29 is 9.53 Å². The minimum absolute atomic E-state index is 0.111. The SMILES string of the molecule is NC(=O)C1=C2C(CCC3CCC4C5CCCCC5CC4C23)OC=C1. The number of fused-ring (bicyclic) bond motifs is 7. The smallest absolute Gasteiger partial charge is 0.248 e. The Morgan fingerprint density at radius 3 is 2.67 bits per heavy atom. The molecule has 1 amide bonds. The number of rotatable bonds is 1. The Kier molecular flexibility index (Phi) is 3.53. The summed E-state index contributed by atoms with van der Waals surface area (Å²) in [7, 11) is 0. The van der Waals surface area contributed by atoms with Gasteiger partial charge in [0, 0.05) is 5.57 Å². The van der Waals surface area contributed by atoms with Crippen LogP contribution < -0.4 is 5.73 Å². The van der Waals surface area contributed by atoms with Crippen LogP contribution in [-0.2, 0) is 9.53 Å². The zero-order valence-corrected chi connectivity index (χ0v) is 14.5. The summed E-state index contributed by atoms with van der Waals surface area (Å²) in [6.45, 7) is 0. The minimum Gasteiger partial charge on any atom is -0.494 e. The minimum atomic E-state index is -0.257. The number of hydrogen-bond acceptors (Lipinski definition) is 2. The summed E-state index contributed by atoms with van der Waals surface area (Å²) in [5.41, 5.74) is 7.81. The van der Waals surface area contributed by atoms with Crippen LogP contribution in [0, 0.1) is 35.5 Å². The third-order valence-corrected chi connectivity index (χ3v) is 8.04. The molecular formula is C21H29NO2. The quantitative estimate of drug-likeness (QED) is 0.793. The van der Waals surface area contributed by atoms with Crippen LogP contribution in [0.2, 0.25) is 0 Å². The van der Waals surface area contributed by atoms with Gasteiger partial charge < -0.3 is 10.5 Å². The number of hydrogen-bond donors (Lipinski definition) is 1. The van der Waals surface area contributed by atoms with Gasteiger partial charge in [-0.05, 0) is 85.7 Å². The average molecular weight is 327 g/mol. The van der Waals surface area contributed by atoms with E-state index >= 15 is 0 Å². The molecule has 5 aliphatic rings. The Hall–Kier alpha value is -1.25. The first kappa shape index (κ1) is 15.0. The summed E-state index contributed by atoms with van der Waals surface area (Å²) in [6, 6.07) is 0. The van der Waals surface area contributed by atoms with E-state index in [0.29, 0.717) is 5.92 Å². The van der Waals surface area contributed by atoms with Gasteiger partial charge in [0.1, 0.15) is 6.10 Å². The molecule has 7 unspecified atom stereocenters. The molecule has 1 aliphatic heterocycles. The first-order valence-corrected chi connectivity index (χ1v) is 10.1. The number of primary amides is 1. The first-order chi connectivity index (χ1) is 11.7. The van der Waals surface area contributed by atoms with Crippen molar-refractivity contribution in [2.75, 3.05) is 0 Å². The van der Waals surface area contributed by atoms with Gasteiger partial charge in [-0.2, -0.15) is 0 Å². The Labute approximate surface area is 144 Å². The van der Waals surface area contributed by atoms with E-state index in [-0.39, 0.29) is 12.0 Å². The van der Waals surface area contributed by atoms with Crippen LogP contribution in [-0.4, -0.2) is 12.0 Å². The van der Waals surface area contributed by atoms with Crippen molar-refractivity contribution in [2.24, 2.45) is 41.2 Å². The van der Waals surface area contributed by atoms with Crippen molar-refractivity contribution in [2.45, 2.75) is 63.9 Å². The molecule has 0 aromatic carbocycles. The molecule has 0 aromatic heterocycles. The fourth-order valence-electron chi connectivity index (χ4n) is 7.27. The Morgan fingerprint density at radius 1 is 0.958 bits per heavy atom. The number of ether oxygens (including phenoxy) is 1. The summed E-state index contributed by atoms with van der Waals surface area (Å²) >= 11 is 0. The predicted octanol–water partition coefficient (Wildman–Crippen LogP) is 3.94. The van der Waals surface area contributed by atoms with E-state index in [9.17, 15) is 4.79 Å². The average Bonchev–Trinajstić information content (AvgIpc) is 2.99. The number of amides is 1. The third kappa shape index (κ3) is 2.12. The largest absolute Gasteiger partial charge is 0.494 e. The monoisotopic (exact) mass is 327 g/mol. The van der Waals surface area contributed by atoms with Gasteiger partial charge >= 0.3 is 0 Å². The zero-order valence-electron chi connectivity index (χ0n) is 14.5. The van der Waals surface area contributed by atoms with Crippen LogP contribution in [0.4, 0.5) is 0 Å². The Morgan fingerprint density at radius 2 is 1.79 bits per heavy atom. The van der Waals surface area contributed by atoms with Crippen molar-refractivity contribution in [3.05, 3.63) is 23.5 Å². The van der Waals surface area contributed by atoms with Crippen molar-refractivity contribution in [1.82, 2.24) is 0 Å². The van der Waals surface area contributed by atoms with Crippen molar-refractivity contribution >= 4 is 5.91 Å². The standard InChI is InChI=1S/C21H29NO2/c22-21(23)16-9-10-24-18-8-6-12-5-7-15-14-4-2-1-3-13(14)11-17(15)19(12)20(16)18/h9-10,12-15,17-19H,1-8,11H2,(H2,22,23). The Balaban J connectivity index is 1.55. The highest BCUT2D eigenvalue weighted by molar-refractivity contribution is 5.96. The van der Waals surface area contributed by atoms with E-state index in [4.69, 9.17) is 10.5 Å². The molecule has 5 rings (SSSR count). The summed E-state index contributed by atoms with van der Waals surface area (Å²) in [4.78, 5) is 12.1. The molecule has 3 heteroatoms. The molecule has 7 atom stereocenters. The fourth-order valence-corrected chi connectivity index (χ4v) is 7.27. The van der Waals surface area contributed by atoms with Gasteiger partial charge in [0.25, 0.3) is 0 Å². The maximum Gasteiger partial charge on any atom is 0.248 e. The molecular weight excluding hydrogens is 298 g/mol. The molecule has 0 spiro atoms. The summed E-state index contributed by atoms with van der Waals surface area (Å²) in [6.07, 6.45) is 15.9. The molecule has 2 N–H and O–H groups in total. The van der Waals surface area contributed by atoms with Crippen LogP contribution in [0.3, 0.4) is 0 Å². The third-order valence-electron chi connectivity index (χ3n) is 8.04. The van der Waals surface area contributed by atoms with E-state index < -0.39 is 0 Å². The summed E-state index contributed by atoms with van der Waals surface area (Å²) in [5.74, 6) is 4.63. The first-order valence-electron chi connectivity index (χ1n) is 10.1. The summed E-state index contributed by atoms with van der Waals surface area (Å²) in [5, 5.41) is 0. The Bertz CT molecular complexity index is 607. The second kappa shape index (κ2) is 5.64. The van der Waals surface area contributed by atoms with E-state index in [0.717, 1.165) is 41.6 Å². The van der Waals surface area contributed by atoms with Crippen molar-refractivity contribution in [1.29, 1.82) is 0 Å². The molecule has 130 valence electrons. The normalized spacial score (nSPS) is 46.4. The van der Waals surface area contributed by atoms with Crippen molar-refractivity contribution in [3.8, 4) is 0 Å². The van der Waals surface area contributed by atoms with Crippen LogP contribution >= 0.6 is 0 Å². The van der Waals surface area contributed by atoms with E-state index in [1.165, 1.54) is 56.9 Å². The van der Waals surface area contributed by atoms with Gasteiger partial charge in [0.2, 0.25) is 5.91 Å². The van der Waals surface area contributed by atoms with Gasteiger partial charge in [-0.3, -0.25) is 4.79 Å². The molecule has 24 heavy (non-hydrogen) atoms. The maximum absolute atomic E-state index is 12.1. The highest BCUT2D eigenvalue weighted by atomic mass is 16.5. The van der Waals surface area contributed by atoms with Crippen molar-refractivity contribution in [3.63, 3.8) is 0 Å². The van der Waals surface area contributed by atoms with Gasteiger partial charge in [0.05, 0.1) is 6.26 Å². The topological polar surface area (TPSA) is 52.3 Å². The zero-order chi connectivity index (χ0) is 16.3. The van der Waals surface area contributed by atoms with Gasteiger partial charge in [-0.15, -0.1) is 0 Å². The van der Waals surface area contributed by atoms with E-state index in [1.807, 2.05) is 6.08 Å². The highest BCUT2D eigenvalue weighted by Crippen LogP contribution is 2.61. The maximum atomic E-state index is 12.1. The molecule has 0 radical (unpaired) electrons. The van der Waals surface area contributed by atoms with Crippen LogP contribution in [0.25, 0.3) is 0 Å².